The van der Waals surface area contributed by atoms with Gasteiger partial charge in [-0.3, -0.25) is 9.59 Å². The highest BCUT2D eigenvalue weighted by molar-refractivity contribution is 6.33. The van der Waals surface area contributed by atoms with Crippen LogP contribution in [0.25, 0.3) is 0 Å². The number of anilines is 1. The SMILES string of the molecule is COc1cccc([C@@H]2O[C@@H](OC(C)=O)C(=O)Nc3ccc(C#N)cc32)c1Cl. The number of methoxy groups -OCH3 is 1. The van der Waals surface area contributed by atoms with Crippen LogP contribution in [-0.2, 0) is 19.1 Å². The van der Waals surface area contributed by atoms with E-state index in [4.69, 9.17) is 25.8 Å². The minimum absolute atomic E-state index is 0.286. The van der Waals surface area contributed by atoms with Gasteiger partial charge in [0, 0.05) is 23.7 Å². The molecule has 3 rings (SSSR count). The Balaban J connectivity index is 2.18. The Labute approximate surface area is 160 Å². The maximum absolute atomic E-state index is 12.4. The van der Waals surface area contributed by atoms with Crippen LogP contribution in [0.2, 0.25) is 5.02 Å². The maximum atomic E-state index is 12.4. The summed E-state index contributed by atoms with van der Waals surface area (Å²) in [5.41, 5.74) is 1.81. The lowest BCUT2D eigenvalue weighted by atomic mass is 9.97. The molecule has 138 valence electrons. The highest BCUT2D eigenvalue weighted by Crippen LogP contribution is 2.41. The topological polar surface area (TPSA) is 97.7 Å². The lowest BCUT2D eigenvalue weighted by Gasteiger charge is -2.22. The number of benzene rings is 2. The van der Waals surface area contributed by atoms with Gasteiger partial charge in [-0.15, -0.1) is 0 Å². The molecule has 27 heavy (non-hydrogen) atoms. The molecule has 1 heterocycles. The van der Waals surface area contributed by atoms with Gasteiger partial charge in [0.2, 0.25) is 0 Å². The summed E-state index contributed by atoms with van der Waals surface area (Å²) in [7, 11) is 1.48. The van der Waals surface area contributed by atoms with Gasteiger partial charge in [0.05, 0.1) is 23.8 Å². The summed E-state index contributed by atoms with van der Waals surface area (Å²) < 4.78 is 16.1. The van der Waals surface area contributed by atoms with E-state index in [1.54, 1.807) is 36.4 Å². The molecule has 2 aromatic carbocycles. The van der Waals surface area contributed by atoms with Crippen molar-refractivity contribution in [3.8, 4) is 11.8 Å². The number of esters is 1. The summed E-state index contributed by atoms with van der Waals surface area (Å²) in [6.45, 7) is 1.18. The number of rotatable bonds is 3. The highest BCUT2D eigenvalue weighted by atomic mass is 35.5. The molecule has 1 N–H and O–H groups in total. The van der Waals surface area contributed by atoms with E-state index < -0.39 is 24.3 Å². The molecule has 0 saturated heterocycles. The van der Waals surface area contributed by atoms with Crippen molar-refractivity contribution in [2.45, 2.75) is 19.3 Å². The van der Waals surface area contributed by atoms with Crippen LogP contribution < -0.4 is 10.1 Å². The molecule has 0 spiro atoms. The van der Waals surface area contributed by atoms with Crippen molar-refractivity contribution in [2.24, 2.45) is 0 Å². The Morgan fingerprint density at radius 1 is 1.30 bits per heavy atom. The molecule has 1 aliphatic heterocycles. The van der Waals surface area contributed by atoms with Crippen LogP contribution in [0.5, 0.6) is 5.75 Å². The fourth-order valence-corrected chi connectivity index (χ4v) is 3.08. The summed E-state index contributed by atoms with van der Waals surface area (Å²) in [5, 5.41) is 12.2. The van der Waals surface area contributed by atoms with Crippen molar-refractivity contribution >= 4 is 29.2 Å². The molecule has 0 aromatic heterocycles. The molecule has 0 aliphatic carbocycles. The molecule has 2 atom stereocenters. The van der Waals surface area contributed by atoms with Crippen LogP contribution in [0.3, 0.4) is 0 Å². The third kappa shape index (κ3) is 3.72. The molecule has 0 radical (unpaired) electrons. The summed E-state index contributed by atoms with van der Waals surface area (Å²) >= 11 is 6.44. The number of hydrogen-bond acceptors (Lipinski definition) is 6. The van der Waals surface area contributed by atoms with Crippen molar-refractivity contribution in [1.82, 2.24) is 0 Å². The molecule has 0 fully saturated rings. The Hall–Kier alpha value is -3.08. The van der Waals surface area contributed by atoms with Gasteiger partial charge >= 0.3 is 5.97 Å². The minimum Gasteiger partial charge on any atom is -0.495 e. The van der Waals surface area contributed by atoms with Gasteiger partial charge in [0.25, 0.3) is 12.2 Å². The molecular formula is C19H15ClN2O5. The smallest absolute Gasteiger partial charge is 0.305 e. The third-order valence-corrected chi connectivity index (χ3v) is 4.37. The number of halogens is 1. The predicted octanol–water partition coefficient (Wildman–Crippen LogP) is 3.17. The maximum Gasteiger partial charge on any atom is 0.305 e. The van der Waals surface area contributed by atoms with Gasteiger partial charge in [0.1, 0.15) is 11.9 Å². The first-order valence-electron chi connectivity index (χ1n) is 7.94. The summed E-state index contributed by atoms with van der Waals surface area (Å²) in [6, 6.07) is 11.9. The number of nitriles is 1. The van der Waals surface area contributed by atoms with E-state index in [1.807, 2.05) is 0 Å². The van der Waals surface area contributed by atoms with Crippen molar-refractivity contribution in [1.29, 1.82) is 5.26 Å². The average Bonchev–Trinajstić information content (AvgIpc) is 2.78. The average molecular weight is 387 g/mol. The van der Waals surface area contributed by atoms with Crippen LogP contribution in [-0.4, -0.2) is 25.3 Å². The van der Waals surface area contributed by atoms with Gasteiger partial charge in [0.15, 0.2) is 0 Å². The summed E-state index contributed by atoms with van der Waals surface area (Å²) in [6.07, 6.45) is -2.35. The fourth-order valence-electron chi connectivity index (χ4n) is 2.77. The van der Waals surface area contributed by atoms with E-state index >= 15 is 0 Å². The number of carbonyl (C=O) groups excluding carboxylic acids is 2. The molecule has 0 unspecified atom stereocenters. The quantitative estimate of drug-likeness (QED) is 0.813. The second kappa shape index (κ2) is 7.66. The van der Waals surface area contributed by atoms with E-state index in [0.29, 0.717) is 28.1 Å². The normalized spacial score (nSPS) is 18.5. The van der Waals surface area contributed by atoms with Crippen LogP contribution in [0.15, 0.2) is 36.4 Å². The Morgan fingerprint density at radius 3 is 2.74 bits per heavy atom. The largest absolute Gasteiger partial charge is 0.495 e. The van der Waals surface area contributed by atoms with Gasteiger partial charge in [-0.1, -0.05) is 23.7 Å². The molecule has 1 amide bonds. The van der Waals surface area contributed by atoms with Crippen molar-refractivity contribution in [3.05, 3.63) is 58.1 Å². The number of nitrogens with one attached hydrogen (secondary N) is 1. The van der Waals surface area contributed by atoms with Gasteiger partial charge in [-0.2, -0.15) is 5.26 Å². The number of hydrogen-bond donors (Lipinski definition) is 1. The predicted molar refractivity (Wildman–Crippen MR) is 96.3 cm³/mol. The molecule has 7 nitrogen and oxygen atoms in total. The lowest BCUT2D eigenvalue weighted by Crippen LogP contribution is -2.33. The molecule has 0 saturated carbocycles. The van der Waals surface area contributed by atoms with E-state index in [2.05, 4.69) is 11.4 Å². The standard InChI is InChI=1S/C19H15ClN2O5/c1-10(23)26-19-18(24)22-14-7-6-11(9-21)8-13(14)17(27-19)12-4-3-5-15(25-2)16(12)20/h3-8,17,19H,1-2H3,(H,22,24)/t17-,19+/m0/s1. The van der Waals surface area contributed by atoms with E-state index in [1.165, 1.54) is 14.0 Å². The number of nitrogens with zero attached hydrogens (tertiary/aromatic N) is 1. The molecule has 1 aliphatic rings. The monoisotopic (exact) mass is 386 g/mol. The van der Waals surface area contributed by atoms with Crippen LogP contribution in [0.1, 0.15) is 29.7 Å². The zero-order valence-corrected chi connectivity index (χ0v) is 15.2. The minimum atomic E-state index is -1.48. The fraction of sp³-hybridized carbons (Fsp3) is 0.211. The van der Waals surface area contributed by atoms with Crippen LogP contribution >= 0.6 is 11.6 Å². The van der Waals surface area contributed by atoms with E-state index in [9.17, 15) is 14.9 Å². The first kappa shape index (κ1) is 18.7. The molecular weight excluding hydrogens is 372 g/mol. The molecule has 8 heteroatoms. The molecule has 0 bridgehead atoms. The van der Waals surface area contributed by atoms with Crippen LogP contribution in [0.4, 0.5) is 5.69 Å². The highest BCUT2D eigenvalue weighted by Gasteiger charge is 2.35. The third-order valence-electron chi connectivity index (χ3n) is 3.96. The molecule has 2 aromatic rings. The van der Waals surface area contributed by atoms with Gasteiger partial charge in [-0.25, -0.2) is 0 Å². The van der Waals surface area contributed by atoms with Crippen molar-refractivity contribution < 1.29 is 23.8 Å². The first-order chi connectivity index (χ1) is 12.9. The van der Waals surface area contributed by atoms with Crippen molar-refractivity contribution in [3.63, 3.8) is 0 Å². The van der Waals surface area contributed by atoms with Crippen molar-refractivity contribution in [2.75, 3.05) is 12.4 Å². The zero-order valence-electron chi connectivity index (χ0n) is 14.5. The Bertz CT molecular complexity index is 954. The first-order valence-corrected chi connectivity index (χ1v) is 8.32. The lowest BCUT2D eigenvalue weighted by molar-refractivity contribution is -0.187. The number of fused-ring (bicyclic) bond motifs is 1. The number of carbonyl (C=O) groups is 2. The second-order valence-corrected chi connectivity index (χ2v) is 6.10. The second-order valence-electron chi connectivity index (χ2n) is 5.72. The summed E-state index contributed by atoms with van der Waals surface area (Å²) in [4.78, 5) is 23.8. The zero-order chi connectivity index (χ0) is 19.6. The van der Waals surface area contributed by atoms with Gasteiger partial charge in [-0.05, 0) is 24.3 Å². The van der Waals surface area contributed by atoms with Crippen LogP contribution in [0, 0.1) is 11.3 Å². The Morgan fingerprint density at radius 2 is 2.07 bits per heavy atom. The van der Waals surface area contributed by atoms with E-state index in [-0.39, 0.29) is 5.02 Å². The summed E-state index contributed by atoms with van der Waals surface area (Å²) in [5.74, 6) is -0.893. The number of ether oxygens (including phenoxy) is 3. The Kier molecular flexibility index (Phi) is 5.31. The van der Waals surface area contributed by atoms with E-state index in [0.717, 1.165) is 0 Å². The number of amides is 1. The van der Waals surface area contributed by atoms with Gasteiger partial charge < -0.3 is 19.5 Å².